The average Bonchev–Trinajstić information content (AvgIpc) is 2.09. The summed E-state index contributed by atoms with van der Waals surface area (Å²) >= 11 is 0. The number of benzene rings is 1. The molecular formula is C10H12O4. The van der Waals surface area contributed by atoms with E-state index in [2.05, 4.69) is 0 Å². The van der Waals surface area contributed by atoms with Gasteiger partial charge in [-0.05, 0) is 12.5 Å². The van der Waals surface area contributed by atoms with Crippen molar-refractivity contribution in [3.8, 4) is 11.5 Å². The molecule has 3 N–H and O–H groups in total. The van der Waals surface area contributed by atoms with Crippen LogP contribution in [-0.4, -0.2) is 21.3 Å². The third-order valence-corrected chi connectivity index (χ3v) is 1.94. The topological polar surface area (TPSA) is 77.8 Å². The van der Waals surface area contributed by atoms with E-state index in [9.17, 15) is 9.90 Å². The summed E-state index contributed by atoms with van der Waals surface area (Å²) in [6, 6.07) is 2.30. The molecule has 0 spiro atoms. The highest BCUT2D eigenvalue weighted by Gasteiger charge is 2.14. The zero-order chi connectivity index (χ0) is 10.7. The summed E-state index contributed by atoms with van der Waals surface area (Å²) in [5.74, 6) is -1.54. The molecular weight excluding hydrogens is 184 g/mol. The fraction of sp³-hybridized carbons (Fsp3) is 0.300. The zero-order valence-electron chi connectivity index (χ0n) is 7.82. The molecule has 0 bridgehead atoms. The molecule has 0 atom stereocenters. The number of rotatable bonds is 3. The lowest BCUT2D eigenvalue weighted by Gasteiger charge is -2.07. The maximum absolute atomic E-state index is 10.8. The molecule has 0 saturated carbocycles. The Morgan fingerprint density at radius 3 is 2.50 bits per heavy atom. The molecule has 1 aromatic rings. The molecule has 1 rings (SSSR count). The molecule has 0 aromatic heterocycles. The lowest BCUT2D eigenvalue weighted by Crippen LogP contribution is -2.02. The first-order chi connectivity index (χ1) is 6.56. The number of phenolic OH excluding ortho intramolecular Hbond substituents is 2. The summed E-state index contributed by atoms with van der Waals surface area (Å²) in [6.07, 6.45) is 1.21. The van der Waals surface area contributed by atoms with Crippen LogP contribution >= 0.6 is 0 Å². The van der Waals surface area contributed by atoms with Gasteiger partial charge >= 0.3 is 5.97 Å². The fourth-order valence-electron chi connectivity index (χ4n) is 1.35. The van der Waals surface area contributed by atoms with Crippen molar-refractivity contribution < 1.29 is 20.1 Å². The number of carbonyl (C=O) groups is 1. The summed E-state index contributed by atoms with van der Waals surface area (Å²) in [7, 11) is 0. The molecule has 1 aromatic carbocycles. The lowest BCUT2D eigenvalue weighted by molar-refractivity contribution is 0.0694. The largest absolute Gasteiger partial charge is 0.508 e. The molecule has 0 aliphatic heterocycles. The number of hydrogen-bond donors (Lipinski definition) is 3. The standard InChI is InChI=1S/C10H12O4/c1-2-3-7-8(10(13)14)4-6(11)5-9(7)12/h4-5,11-12H,2-3H2,1H3,(H,13,14). The monoisotopic (exact) mass is 196 g/mol. The van der Waals surface area contributed by atoms with Crippen LogP contribution in [0.5, 0.6) is 11.5 Å². The summed E-state index contributed by atoms with van der Waals surface area (Å²) in [6.45, 7) is 1.89. The van der Waals surface area contributed by atoms with Crippen molar-refractivity contribution in [2.45, 2.75) is 19.8 Å². The van der Waals surface area contributed by atoms with Crippen molar-refractivity contribution in [3.05, 3.63) is 23.3 Å². The molecule has 76 valence electrons. The Morgan fingerprint density at radius 2 is 2.00 bits per heavy atom. The molecule has 0 heterocycles. The summed E-state index contributed by atoms with van der Waals surface area (Å²) in [5, 5.41) is 27.4. The first-order valence-corrected chi connectivity index (χ1v) is 4.34. The van der Waals surface area contributed by atoms with Crippen LogP contribution in [0.3, 0.4) is 0 Å². The van der Waals surface area contributed by atoms with Gasteiger partial charge in [-0.15, -0.1) is 0 Å². The molecule has 0 aliphatic rings. The van der Waals surface area contributed by atoms with Gasteiger partial charge in [-0.25, -0.2) is 4.79 Å². The van der Waals surface area contributed by atoms with E-state index in [1.54, 1.807) is 0 Å². The molecule has 0 fully saturated rings. The maximum Gasteiger partial charge on any atom is 0.336 e. The van der Waals surface area contributed by atoms with Crippen molar-refractivity contribution >= 4 is 5.97 Å². The molecule has 0 amide bonds. The van der Waals surface area contributed by atoms with E-state index in [-0.39, 0.29) is 17.1 Å². The Bertz CT molecular complexity index is 357. The number of aromatic hydroxyl groups is 2. The van der Waals surface area contributed by atoms with Crippen LogP contribution in [0.4, 0.5) is 0 Å². The Kier molecular flexibility index (Phi) is 2.96. The Labute approximate surface area is 81.4 Å². The number of hydrogen-bond acceptors (Lipinski definition) is 3. The van der Waals surface area contributed by atoms with Gasteiger partial charge in [0.05, 0.1) is 5.56 Å². The van der Waals surface area contributed by atoms with Crippen molar-refractivity contribution in [1.29, 1.82) is 0 Å². The highest BCUT2D eigenvalue weighted by Crippen LogP contribution is 2.28. The van der Waals surface area contributed by atoms with Crippen LogP contribution in [0.15, 0.2) is 12.1 Å². The average molecular weight is 196 g/mol. The van der Waals surface area contributed by atoms with Crippen LogP contribution in [0.1, 0.15) is 29.3 Å². The van der Waals surface area contributed by atoms with Gasteiger partial charge in [0.1, 0.15) is 11.5 Å². The molecule has 0 saturated heterocycles. The van der Waals surface area contributed by atoms with Gasteiger partial charge in [0.15, 0.2) is 0 Å². The molecule has 0 unspecified atom stereocenters. The predicted molar refractivity (Wildman–Crippen MR) is 50.7 cm³/mol. The van der Waals surface area contributed by atoms with E-state index in [1.165, 1.54) is 0 Å². The fourth-order valence-corrected chi connectivity index (χ4v) is 1.35. The van der Waals surface area contributed by atoms with E-state index in [0.29, 0.717) is 12.0 Å². The van der Waals surface area contributed by atoms with Crippen molar-refractivity contribution in [3.63, 3.8) is 0 Å². The number of carboxylic acid groups (broad SMARTS) is 1. The minimum absolute atomic E-state index is 0.0376. The SMILES string of the molecule is CCCc1c(O)cc(O)cc1C(=O)O. The van der Waals surface area contributed by atoms with E-state index >= 15 is 0 Å². The Morgan fingerprint density at radius 1 is 1.36 bits per heavy atom. The smallest absolute Gasteiger partial charge is 0.336 e. The second-order valence-electron chi connectivity index (χ2n) is 3.05. The summed E-state index contributed by atoms with van der Waals surface area (Å²) < 4.78 is 0. The van der Waals surface area contributed by atoms with Crippen LogP contribution < -0.4 is 0 Å². The first kappa shape index (κ1) is 10.4. The van der Waals surface area contributed by atoms with Crippen LogP contribution in [-0.2, 0) is 6.42 Å². The molecule has 4 nitrogen and oxygen atoms in total. The van der Waals surface area contributed by atoms with Crippen LogP contribution in [0.25, 0.3) is 0 Å². The third-order valence-electron chi connectivity index (χ3n) is 1.94. The van der Waals surface area contributed by atoms with E-state index in [4.69, 9.17) is 10.2 Å². The Balaban J connectivity index is 3.28. The molecule has 14 heavy (non-hydrogen) atoms. The van der Waals surface area contributed by atoms with Gasteiger partial charge in [0, 0.05) is 11.6 Å². The highest BCUT2D eigenvalue weighted by atomic mass is 16.4. The molecule has 0 aliphatic carbocycles. The number of phenols is 2. The summed E-state index contributed by atoms with van der Waals surface area (Å²) in [4.78, 5) is 10.8. The van der Waals surface area contributed by atoms with Crippen LogP contribution in [0, 0.1) is 0 Å². The highest BCUT2D eigenvalue weighted by molar-refractivity contribution is 5.90. The van der Waals surface area contributed by atoms with Gasteiger partial charge < -0.3 is 15.3 Å². The van der Waals surface area contributed by atoms with Crippen molar-refractivity contribution in [2.24, 2.45) is 0 Å². The van der Waals surface area contributed by atoms with Crippen molar-refractivity contribution in [2.75, 3.05) is 0 Å². The zero-order valence-corrected chi connectivity index (χ0v) is 7.82. The third kappa shape index (κ3) is 1.96. The molecule has 4 heteroatoms. The minimum atomic E-state index is -1.14. The second kappa shape index (κ2) is 4.00. The van der Waals surface area contributed by atoms with Gasteiger partial charge in [-0.2, -0.15) is 0 Å². The minimum Gasteiger partial charge on any atom is -0.508 e. The van der Waals surface area contributed by atoms with Gasteiger partial charge in [-0.1, -0.05) is 13.3 Å². The predicted octanol–water partition coefficient (Wildman–Crippen LogP) is 1.75. The van der Waals surface area contributed by atoms with Gasteiger partial charge in [0.2, 0.25) is 0 Å². The second-order valence-corrected chi connectivity index (χ2v) is 3.05. The van der Waals surface area contributed by atoms with Gasteiger partial charge in [-0.3, -0.25) is 0 Å². The number of carboxylic acids is 1. The normalized spacial score (nSPS) is 10.1. The van der Waals surface area contributed by atoms with Gasteiger partial charge in [0.25, 0.3) is 0 Å². The Hall–Kier alpha value is -1.71. The number of aromatic carboxylic acids is 1. The molecule has 0 radical (unpaired) electrons. The maximum atomic E-state index is 10.8. The van der Waals surface area contributed by atoms with E-state index in [1.807, 2.05) is 6.92 Å². The summed E-state index contributed by atoms with van der Waals surface area (Å²) in [5.41, 5.74) is 0.335. The van der Waals surface area contributed by atoms with Crippen molar-refractivity contribution in [1.82, 2.24) is 0 Å². The van der Waals surface area contributed by atoms with E-state index < -0.39 is 5.97 Å². The quantitative estimate of drug-likeness (QED) is 0.688. The first-order valence-electron chi connectivity index (χ1n) is 4.34. The lowest BCUT2D eigenvalue weighted by atomic mass is 10.0. The van der Waals surface area contributed by atoms with E-state index in [0.717, 1.165) is 18.6 Å². The van der Waals surface area contributed by atoms with Crippen LogP contribution in [0.2, 0.25) is 0 Å².